The summed E-state index contributed by atoms with van der Waals surface area (Å²) in [6.45, 7) is 0. The van der Waals surface area contributed by atoms with Crippen molar-refractivity contribution < 1.29 is 0 Å². The zero-order valence-electron chi connectivity index (χ0n) is 7.84. The topological polar surface area (TPSA) is 43.8 Å². The van der Waals surface area contributed by atoms with E-state index in [0.717, 1.165) is 11.1 Å². The molecule has 0 saturated carbocycles. The highest BCUT2D eigenvalue weighted by Gasteiger charge is 2.04. The van der Waals surface area contributed by atoms with Crippen molar-refractivity contribution in [2.24, 2.45) is 7.05 Å². The number of nitrogens with two attached hydrogens (primary N) is 1. The van der Waals surface area contributed by atoms with Gasteiger partial charge in [-0.25, -0.2) is 0 Å². The molecule has 14 heavy (non-hydrogen) atoms. The third-order valence-electron chi connectivity index (χ3n) is 1.94. The second kappa shape index (κ2) is 4.15. The summed E-state index contributed by atoms with van der Waals surface area (Å²) in [6.07, 6.45) is 1.92. The highest BCUT2D eigenvalue weighted by Crippen LogP contribution is 2.23. The first-order chi connectivity index (χ1) is 6.27. The van der Waals surface area contributed by atoms with Gasteiger partial charge < -0.3 is 5.73 Å². The summed E-state index contributed by atoms with van der Waals surface area (Å²) in [6, 6.07) is 10.0. The summed E-state index contributed by atoms with van der Waals surface area (Å²) < 4.78 is 1.72. The van der Waals surface area contributed by atoms with Gasteiger partial charge in [-0.1, -0.05) is 30.3 Å². The molecule has 1 aromatic heterocycles. The summed E-state index contributed by atoms with van der Waals surface area (Å²) in [4.78, 5) is 0. The van der Waals surface area contributed by atoms with E-state index in [1.54, 1.807) is 4.68 Å². The second-order valence-electron chi connectivity index (χ2n) is 2.97. The van der Waals surface area contributed by atoms with Gasteiger partial charge in [0.15, 0.2) is 5.82 Å². The molecule has 1 heterocycles. The van der Waals surface area contributed by atoms with Crippen LogP contribution in [0.25, 0.3) is 11.1 Å². The highest BCUT2D eigenvalue weighted by atomic mass is 35.5. The number of hydrogen-bond acceptors (Lipinski definition) is 2. The minimum absolute atomic E-state index is 0. The van der Waals surface area contributed by atoms with E-state index in [-0.39, 0.29) is 12.4 Å². The maximum atomic E-state index is 5.74. The van der Waals surface area contributed by atoms with Crippen LogP contribution < -0.4 is 5.73 Å². The number of rotatable bonds is 1. The molecule has 2 rings (SSSR count). The molecule has 0 atom stereocenters. The monoisotopic (exact) mass is 209 g/mol. The molecule has 1 aromatic carbocycles. The van der Waals surface area contributed by atoms with E-state index in [1.807, 2.05) is 43.6 Å². The first-order valence-corrected chi connectivity index (χ1v) is 4.12. The highest BCUT2D eigenvalue weighted by molar-refractivity contribution is 5.85. The Morgan fingerprint density at radius 1 is 1.21 bits per heavy atom. The number of benzene rings is 1. The van der Waals surface area contributed by atoms with Gasteiger partial charge in [0.25, 0.3) is 0 Å². The molecule has 74 valence electrons. The van der Waals surface area contributed by atoms with Gasteiger partial charge >= 0.3 is 0 Å². The van der Waals surface area contributed by atoms with Crippen molar-refractivity contribution in [1.82, 2.24) is 9.78 Å². The third-order valence-corrected chi connectivity index (χ3v) is 1.94. The Morgan fingerprint density at radius 2 is 1.86 bits per heavy atom. The molecule has 0 aliphatic heterocycles. The summed E-state index contributed by atoms with van der Waals surface area (Å²) in [5, 5.41) is 4.08. The van der Waals surface area contributed by atoms with E-state index < -0.39 is 0 Å². The molecule has 0 spiro atoms. The summed E-state index contributed by atoms with van der Waals surface area (Å²) >= 11 is 0. The first-order valence-electron chi connectivity index (χ1n) is 4.12. The molecule has 0 aliphatic rings. The molecule has 0 fully saturated rings. The molecule has 4 heteroatoms. The minimum atomic E-state index is 0. The van der Waals surface area contributed by atoms with E-state index in [0.29, 0.717) is 5.82 Å². The smallest absolute Gasteiger partial charge is 0.153 e. The van der Waals surface area contributed by atoms with Crippen LogP contribution in [0.4, 0.5) is 5.82 Å². The Balaban J connectivity index is 0.000000980. The number of aromatic nitrogens is 2. The van der Waals surface area contributed by atoms with E-state index in [4.69, 9.17) is 5.73 Å². The third kappa shape index (κ3) is 1.88. The molecule has 0 aliphatic carbocycles. The minimum Gasteiger partial charge on any atom is -0.382 e. The maximum Gasteiger partial charge on any atom is 0.153 e. The van der Waals surface area contributed by atoms with Gasteiger partial charge in [0.05, 0.1) is 0 Å². The SMILES string of the molecule is Cl.Cn1cc(-c2ccccc2)c(N)n1. The number of anilines is 1. The van der Waals surface area contributed by atoms with E-state index in [2.05, 4.69) is 5.10 Å². The Kier molecular flexibility index (Phi) is 3.14. The molecule has 0 unspecified atom stereocenters. The van der Waals surface area contributed by atoms with Crippen LogP contribution in [-0.4, -0.2) is 9.78 Å². The van der Waals surface area contributed by atoms with Crippen LogP contribution in [0.3, 0.4) is 0 Å². The van der Waals surface area contributed by atoms with Crippen molar-refractivity contribution in [2.45, 2.75) is 0 Å². The van der Waals surface area contributed by atoms with Crippen LogP contribution >= 0.6 is 12.4 Å². The second-order valence-corrected chi connectivity index (χ2v) is 2.97. The van der Waals surface area contributed by atoms with E-state index in [9.17, 15) is 0 Å². The number of hydrogen-bond donors (Lipinski definition) is 1. The lowest BCUT2D eigenvalue weighted by molar-refractivity contribution is 0.772. The zero-order valence-corrected chi connectivity index (χ0v) is 8.66. The van der Waals surface area contributed by atoms with Crippen molar-refractivity contribution >= 4 is 18.2 Å². The fourth-order valence-electron chi connectivity index (χ4n) is 1.35. The lowest BCUT2D eigenvalue weighted by atomic mass is 10.1. The number of nitrogens with zero attached hydrogens (tertiary/aromatic N) is 2. The molecule has 2 aromatic rings. The van der Waals surface area contributed by atoms with Crippen LogP contribution in [-0.2, 0) is 7.05 Å². The average molecular weight is 210 g/mol. The van der Waals surface area contributed by atoms with Crippen LogP contribution in [0.1, 0.15) is 0 Å². The van der Waals surface area contributed by atoms with Gasteiger partial charge in [-0.2, -0.15) is 5.10 Å². The maximum absolute atomic E-state index is 5.74. The zero-order chi connectivity index (χ0) is 9.26. The average Bonchev–Trinajstić information content (AvgIpc) is 2.47. The van der Waals surface area contributed by atoms with Gasteiger partial charge in [0, 0.05) is 18.8 Å². The summed E-state index contributed by atoms with van der Waals surface area (Å²) in [5.41, 5.74) is 7.84. The molecular weight excluding hydrogens is 198 g/mol. The van der Waals surface area contributed by atoms with Crippen molar-refractivity contribution in [3.8, 4) is 11.1 Å². The normalized spacial score (nSPS) is 9.50. The standard InChI is InChI=1S/C10H11N3.ClH/c1-13-7-9(10(11)12-13)8-5-3-2-4-6-8;/h2-7H,1H3,(H2,11,12);1H. The van der Waals surface area contributed by atoms with Crippen molar-refractivity contribution in [2.75, 3.05) is 5.73 Å². The van der Waals surface area contributed by atoms with E-state index >= 15 is 0 Å². The van der Waals surface area contributed by atoms with Crippen LogP contribution in [0.5, 0.6) is 0 Å². The van der Waals surface area contributed by atoms with Gasteiger partial charge in [-0.15, -0.1) is 12.4 Å². The molecule has 3 nitrogen and oxygen atoms in total. The fraction of sp³-hybridized carbons (Fsp3) is 0.100. The van der Waals surface area contributed by atoms with Crippen molar-refractivity contribution in [1.29, 1.82) is 0 Å². The predicted molar refractivity (Wildman–Crippen MR) is 60.3 cm³/mol. The molecular formula is C10H12ClN3. The molecule has 2 N–H and O–H groups in total. The van der Waals surface area contributed by atoms with Gasteiger partial charge in [-0.05, 0) is 5.56 Å². The Morgan fingerprint density at radius 3 is 2.36 bits per heavy atom. The quantitative estimate of drug-likeness (QED) is 0.782. The lowest BCUT2D eigenvalue weighted by Crippen LogP contribution is -1.90. The Labute approximate surface area is 89.0 Å². The lowest BCUT2D eigenvalue weighted by Gasteiger charge is -1.96. The van der Waals surface area contributed by atoms with Gasteiger partial charge in [-0.3, -0.25) is 4.68 Å². The summed E-state index contributed by atoms with van der Waals surface area (Å²) in [5.74, 6) is 0.578. The van der Waals surface area contributed by atoms with Gasteiger partial charge in [0.2, 0.25) is 0 Å². The van der Waals surface area contributed by atoms with Crippen LogP contribution in [0.15, 0.2) is 36.5 Å². The van der Waals surface area contributed by atoms with Crippen molar-refractivity contribution in [3.05, 3.63) is 36.5 Å². The van der Waals surface area contributed by atoms with Crippen LogP contribution in [0, 0.1) is 0 Å². The molecule has 0 bridgehead atoms. The predicted octanol–water partition coefficient (Wildman–Crippen LogP) is 2.09. The molecule has 0 saturated heterocycles. The van der Waals surface area contributed by atoms with Crippen molar-refractivity contribution in [3.63, 3.8) is 0 Å². The summed E-state index contributed by atoms with van der Waals surface area (Å²) in [7, 11) is 1.86. The largest absolute Gasteiger partial charge is 0.382 e. The van der Waals surface area contributed by atoms with Crippen LogP contribution in [0.2, 0.25) is 0 Å². The molecule has 0 amide bonds. The van der Waals surface area contributed by atoms with Gasteiger partial charge in [0.1, 0.15) is 0 Å². The first kappa shape index (κ1) is 10.6. The fourth-order valence-corrected chi connectivity index (χ4v) is 1.35. The van der Waals surface area contributed by atoms with E-state index in [1.165, 1.54) is 0 Å². The number of nitrogen functional groups attached to an aromatic ring is 1. The molecule has 0 radical (unpaired) electrons. The Hall–Kier alpha value is -1.48. The Bertz CT molecular complexity index is 409. The number of halogens is 1. The number of aryl methyl sites for hydroxylation is 1.